The number of fused-ring (bicyclic) bond motifs is 1. The topological polar surface area (TPSA) is 107 Å². The highest BCUT2D eigenvalue weighted by Crippen LogP contribution is 2.32. The predicted molar refractivity (Wildman–Crippen MR) is 152 cm³/mol. The Hall–Kier alpha value is -4.16. The van der Waals surface area contributed by atoms with E-state index in [1.165, 1.54) is 6.07 Å². The maximum atomic E-state index is 13.6. The summed E-state index contributed by atoms with van der Waals surface area (Å²) < 4.78 is 44.9. The van der Waals surface area contributed by atoms with E-state index >= 15 is 0 Å². The summed E-state index contributed by atoms with van der Waals surface area (Å²) in [6, 6.07) is 11.5. The van der Waals surface area contributed by atoms with E-state index in [1.54, 1.807) is 36.4 Å². The second-order valence-corrected chi connectivity index (χ2v) is 10.5. The molecule has 3 aromatic rings. The number of anilines is 2. The summed E-state index contributed by atoms with van der Waals surface area (Å²) in [5.41, 5.74) is 0.943. The second kappa shape index (κ2) is 13.2. The zero-order valence-corrected chi connectivity index (χ0v) is 23.6. The van der Waals surface area contributed by atoms with Crippen molar-refractivity contribution in [3.8, 4) is 5.75 Å². The Balaban J connectivity index is 1.53. The fourth-order valence-electron chi connectivity index (χ4n) is 4.73. The molecule has 0 radical (unpaired) electrons. The van der Waals surface area contributed by atoms with E-state index in [-0.39, 0.29) is 41.5 Å². The molecule has 0 bridgehead atoms. The van der Waals surface area contributed by atoms with E-state index in [0.717, 1.165) is 29.8 Å². The number of hydrogen-bond acceptors (Lipinski definition) is 6. The Morgan fingerprint density at radius 1 is 1.12 bits per heavy atom. The van der Waals surface area contributed by atoms with E-state index in [1.807, 2.05) is 26.1 Å². The lowest BCUT2D eigenvalue weighted by molar-refractivity contribution is -0.137. The van der Waals surface area contributed by atoms with E-state index in [2.05, 4.69) is 20.5 Å². The zero-order chi connectivity index (χ0) is 30.4. The summed E-state index contributed by atoms with van der Waals surface area (Å²) >= 11 is 0. The van der Waals surface area contributed by atoms with Crippen LogP contribution in [-0.4, -0.2) is 70.7 Å². The molecular weight excluding hydrogens is 551 g/mol. The van der Waals surface area contributed by atoms with Gasteiger partial charge in [-0.05, 0) is 74.1 Å². The average molecular weight is 586 g/mol. The van der Waals surface area contributed by atoms with Gasteiger partial charge in [0.25, 0.3) is 5.91 Å². The van der Waals surface area contributed by atoms with Crippen molar-refractivity contribution < 1.29 is 32.6 Å². The molecule has 1 aromatic heterocycles. The molecule has 0 unspecified atom stereocenters. The number of halogens is 3. The number of hydrogen-bond donors (Lipinski definition) is 3. The largest absolute Gasteiger partial charge is 0.488 e. The molecule has 0 saturated heterocycles. The molecule has 3 N–H and O–H groups in total. The molecule has 2 heterocycles. The lowest BCUT2D eigenvalue weighted by atomic mass is 9.99. The number of carbonyl (C=O) groups is 2. The Kier molecular flexibility index (Phi) is 9.69. The van der Waals surface area contributed by atoms with Gasteiger partial charge >= 0.3 is 12.2 Å². The number of ether oxygens (including phenoxy) is 1. The molecule has 0 fully saturated rings. The third-order valence-electron chi connectivity index (χ3n) is 7.09. The second-order valence-electron chi connectivity index (χ2n) is 10.5. The first-order chi connectivity index (χ1) is 19.9. The number of nitrogens with zero attached hydrogens (tertiary/aromatic N) is 3. The number of likely N-dealkylation sites (N-methyl/N-ethyl adjacent to an activating group) is 1. The molecule has 0 spiro atoms. The molecule has 0 aliphatic carbocycles. The molecule has 3 amide bonds. The normalized spacial score (nSPS) is 18.0. The van der Waals surface area contributed by atoms with Crippen LogP contribution >= 0.6 is 0 Å². The van der Waals surface area contributed by atoms with Gasteiger partial charge in [-0.1, -0.05) is 6.92 Å². The van der Waals surface area contributed by atoms with Crippen LogP contribution in [0.25, 0.3) is 0 Å². The van der Waals surface area contributed by atoms with Crippen molar-refractivity contribution in [2.75, 3.05) is 37.4 Å². The van der Waals surface area contributed by atoms with Crippen molar-refractivity contribution in [3.05, 3.63) is 83.7 Å². The minimum absolute atomic E-state index is 0.0664. The molecule has 4 rings (SSSR count). The molecule has 0 saturated carbocycles. The number of carbonyl (C=O) groups excluding carboxylic acids is 2. The van der Waals surface area contributed by atoms with Gasteiger partial charge < -0.3 is 25.4 Å². The van der Waals surface area contributed by atoms with Crippen LogP contribution in [-0.2, 0) is 12.7 Å². The lowest BCUT2D eigenvalue weighted by Crippen LogP contribution is -2.49. The summed E-state index contributed by atoms with van der Waals surface area (Å²) in [6.07, 6.45) is -1.30. The number of alkyl halides is 3. The van der Waals surface area contributed by atoms with Crippen LogP contribution in [0.1, 0.15) is 35.3 Å². The molecule has 1 aliphatic rings. The van der Waals surface area contributed by atoms with E-state index in [4.69, 9.17) is 4.74 Å². The van der Waals surface area contributed by atoms with Gasteiger partial charge in [-0.15, -0.1) is 0 Å². The van der Waals surface area contributed by atoms with Crippen molar-refractivity contribution in [2.24, 2.45) is 5.92 Å². The highest BCUT2D eigenvalue weighted by molar-refractivity contribution is 6.02. The van der Waals surface area contributed by atoms with E-state index in [9.17, 15) is 27.9 Å². The number of urea groups is 1. The summed E-state index contributed by atoms with van der Waals surface area (Å²) in [5, 5.41) is 15.0. The number of aliphatic hydroxyl groups is 1. The van der Waals surface area contributed by atoms with Crippen LogP contribution in [0.5, 0.6) is 5.75 Å². The molecular formula is C30H34F3N5O4. The summed E-state index contributed by atoms with van der Waals surface area (Å²) in [6.45, 7) is 5.12. The SMILES string of the molecule is C[C@H](CO)N1C[C@H](C)[C@@H](CN(C)Cc2ccncc2)Oc2ccc(NC(=O)Nc3ccc(C(F)(F)F)cc3)cc2C1=O. The Morgan fingerprint density at radius 2 is 1.76 bits per heavy atom. The van der Waals surface area contributed by atoms with Crippen molar-refractivity contribution in [3.63, 3.8) is 0 Å². The fourth-order valence-corrected chi connectivity index (χ4v) is 4.73. The first-order valence-corrected chi connectivity index (χ1v) is 13.5. The van der Waals surface area contributed by atoms with Gasteiger partial charge in [0.2, 0.25) is 0 Å². The quantitative estimate of drug-likeness (QED) is 0.340. The molecule has 224 valence electrons. The van der Waals surface area contributed by atoms with Crippen molar-refractivity contribution >= 4 is 23.3 Å². The predicted octanol–water partition coefficient (Wildman–Crippen LogP) is 5.10. The van der Waals surface area contributed by atoms with Crippen molar-refractivity contribution in [1.29, 1.82) is 0 Å². The minimum atomic E-state index is -4.48. The number of pyridine rings is 1. The number of nitrogens with one attached hydrogen (secondary N) is 2. The van der Waals surface area contributed by atoms with Gasteiger partial charge in [0, 0.05) is 49.3 Å². The molecule has 42 heavy (non-hydrogen) atoms. The van der Waals surface area contributed by atoms with Gasteiger partial charge in [0.05, 0.1) is 23.8 Å². The highest BCUT2D eigenvalue weighted by Gasteiger charge is 2.34. The first kappa shape index (κ1) is 30.8. The van der Waals surface area contributed by atoms with Gasteiger partial charge in [0.15, 0.2) is 0 Å². The summed E-state index contributed by atoms with van der Waals surface area (Å²) in [7, 11) is 1.98. The van der Waals surface area contributed by atoms with Crippen molar-refractivity contribution in [1.82, 2.24) is 14.8 Å². The van der Waals surface area contributed by atoms with E-state index < -0.39 is 23.8 Å². The number of benzene rings is 2. The van der Waals surface area contributed by atoms with Crippen LogP contribution in [0.3, 0.4) is 0 Å². The van der Waals surface area contributed by atoms with Gasteiger partial charge in [0.1, 0.15) is 11.9 Å². The van der Waals surface area contributed by atoms with Gasteiger partial charge in [-0.2, -0.15) is 13.2 Å². The molecule has 1 aliphatic heterocycles. The van der Waals surface area contributed by atoms with Crippen LogP contribution in [0, 0.1) is 5.92 Å². The fraction of sp³-hybridized carbons (Fsp3) is 0.367. The lowest BCUT2D eigenvalue weighted by Gasteiger charge is -2.38. The Bertz CT molecular complexity index is 1370. The van der Waals surface area contributed by atoms with Crippen LogP contribution in [0.15, 0.2) is 67.0 Å². The van der Waals surface area contributed by atoms with Crippen LogP contribution in [0.4, 0.5) is 29.3 Å². The molecule has 2 aromatic carbocycles. The summed E-state index contributed by atoms with van der Waals surface area (Å²) in [5.74, 6) is -0.0743. The van der Waals surface area contributed by atoms with Crippen LogP contribution < -0.4 is 15.4 Å². The average Bonchev–Trinajstić information content (AvgIpc) is 2.95. The maximum Gasteiger partial charge on any atom is 0.416 e. The highest BCUT2D eigenvalue weighted by atomic mass is 19.4. The Morgan fingerprint density at radius 3 is 2.40 bits per heavy atom. The molecule has 12 heteroatoms. The standard InChI is InChI=1S/C30H34F3N5O4/c1-19-15-38(20(2)18-39)28(40)25-14-24(36-29(41)35-23-6-4-22(5-7-23)30(31,32)33)8-9-26(25)42-27(19)17-37(3)16-21-10-12-34-13-11-21/h4-14,19-20,27,39H,15-18H2,1-3H3,(H2,35,36,41)/t19-,20+,27+/m0/s1. The Labute approximate surface area is 242 Å². The zero-order valence-electron chi connectivity index (χ0n) is 23.6. The van der Waals surface area contributed by atoms with E-state index in [0.29, 0.717) is 25.4 Å². The smallest absolute Gasteiger partial charge is 0.416 e. The van der Waals surface area contributed by atoms with Crippen LogP contribution in [0.2, 0.25) is 0 Å². The third-order valence-corrected chi connectivity index (χ3v) is 7.09. The summed E-state index contributed by atoms with van der Waals surface area (Å²) in [4.78, 5) is 34.0. The maximum absolute atomic E-state index is 13.6. The van der Waals surface area contributed by atoms with Crippen molar-refractivity contribution in [2.45, 2.75) is 38.7 Å². The number of aliphatic hydroxyl groups excluding tert-OH is 1. The molecule has 9 nitrogen and oxygen atoms in total. The molecule has 3 atom stereocenters. The first-order valence-electron chi connectivity index (χ1n) is 13.5. The van der Waals surface area contributed by atoms with Gasteiger partial charge in [-0.25, -0.2) is 4.79 Å². The number of rotatable bonds is 8. The van der Waals surface area contributed by atoms with Gasteiger partial charge in [-0.3, -0.25) is 14.7 Å². The minimum Gasteiger partial charge on any atom is -0.488 e. The number of aromatic nitrogens is 1. The number of amides is 3. The third kappa shape index (κ3) is 7.77. The monoisotopic (exact) mass is 585 g/mol.